The Bertz CT molecular complexity index is 907. The third-order valence-electron chi connectivity index (χ3n) is 5.81. The van der Waals surface area contributed by atoms with Crippen molar-refractivity contribution in [3.05, 3.63) is 72.3 Å². The van der Waals surface area contributed by atoms with Crippen LogP contribution < -0.4 is 0 Å². The standard InChI is InChI=1S/C26H32N2O3/c1-4-14-27-15-16-28(25(29)13-17-31-3)19-23(26(27)30)18-22-7-5-6-8-24(22)21-11-9-20(2)10-12-21/h4-12,23H,1,13-19H2,2-3H3/t23-/m1/s1. The van der Waals surface area contributed by atoms with Crippen LogP contribution in [0.3, 0.4) is 0 Å². The largest absolute Gasteiger partial charge is 0.384 e. The normalized spacial score (nSPS) is 16.8. The van der Waals surface area contributed by atoms with Crippen molar-refractivity contribution in [2.24, 2.45) is 5.92 Å². The number of ether oxygens (including phenoxy) is 1. The van der Waals surface area contributed by atoms with Gasteiger partial charge in [-0.05, 0) is 30.0 Å². The second-order valence-corrected chi connectivity index (χ2v) is 8.08. The summed E-state index contributed by atoms with van der Waals surface area (Å²) in [4.78, 5) is 29.7. The molecule has 0 N–H and O–H groups in total. The van der Waals surface area contributed by atoms with Crippen LogP contribution in [0.4, 0.5) is 0 Å². The number of benzene rings is 2. The Hall–Kier alpha value is -2.92. The summed E-state index contributed by atoms with van der Waals surface area (Å²) in [6, 6.07) is 16.7. The zero-order chi connectivity index (χ0) is 22.2. The molecular weight excluding hydrogens is 388 g/mol. The van der Waals surface area contributed by atoms with Gasteiger partial charge in [0.25, 0.3) is 0 Å². The first-order valence-corrected chi connectivity index (χ1v) is 10.8. The minimum atomic E-state index is -0.291. The van der Waals surface area contributed by atoms with E-state index in [9.17, 15) is 9.59 Å². The van der Waals surface area contributed by atoms with Gasteiger partial charge in [-0.25, -0.2) is 0 Å². The quantitative estimate of drug-likeness (QED) is 0.612. The predicted octanol–water partition coefficient (Wildman–Crippen LogP) is 3.71. The summed E-state index contributed by atoms with van der Waals surface area (Å²) in [6.07, 6.45) is 2.67. The summed E-state index contributed by atoms with van der Waals surface area (Å²) in [5.74, 6) is -0.173. The number of carbonyl (C=O) groups is 2. The van der Waals surface area contributed by atoms with Crippen molar-refractivity contribution in [2.45, 2.75) is 19.8 Å². The summed E-state index contributed by atoms with van der Waals surface area (Å²) in [5.41, 5.74) is 4.60. The number of hydrogen-bond donors (Lipinski definition) is 0. The molecule has 0 saturated carbocycles. The van der Waals surface area contributed by atoms with E-state index in [2.05, 4.69) is 49.9 Å². The molecule has 0 bridgehead atoms. The van der Waals surface area contributed by atoms with E-state index in [1.54, 1.807) is 13.2 Å². The third-order valence-corrected chi connectivity index (χ3v) is 5.81. The molecule has 0 aromatic heterocycles. The average molecular weight is 421 g/mol. The summed E-state index contributed by atoms with van der Waals surface area (Å²) in [5, 5.41) is 0. The number of rotatable bonds is 8. The van der Waals surface area contributed by atoms with Gasteiger partial charge in [-0.15, -0.1) is 6.58 Å². The average Bonchev–Trinajstić information content (AvgIpc) is 2.93. The molecule has 0 radical (unpaired) electrons. The second-order valence-electron chi connectivity index (χ2n) is 8.08. The van der Waals surface area contributed by atoms with E-state index in [1.807, 2.05) is 21.9 Å². The van der Waals surface area contributed by atoms with Crippen LogP contribution in [-0.4, -0.2) is 61.5 Å². The van der Waals surface area contributed by atoms with Crippen LogP contribution in [0.15, 0.2) is 61.2 Å². The fourth-order valence-corrected chi connectivity index (χ4v) is 4.09. The van der Waals surface area contributed by atoms with Gasteiger partial charge in [0.1, 0.15) is 0 Å². The van der Waals surface area contributed by atoms with Crippen molar-refractivity contribution in [3.8, 4) is 11.1 Å². The summed E-state index contributed by atoms with van der Waals surface area (Å²) in [7, 11) is 1.59. The van der Waals surface area contributed by atoms with Crippen molar-refractivity contribution in [1.29, 1.82) is 0 Å². The molecule has 0 unspecified atom stereocenters. The molecule has 2 aromatic carbocycles. The van der Waals surface area contributed by atoms with E-state index in [0.717, 1.165) is 16.7 Å². The van der Waals surface area contributed by atoms with Crippen LogP contribution in [-0.2, 0) is 20.7 Å². The lowest BCUT2D eigenvalue weighted by Gasteiger charge is -2.24. The highest BCUT2D eigenvalue weighted by atomic mass is 16.5. The number of nitrogens with zero attached hydrogens (tertiary/aromatic N) is 2. The molecule has 1 aliphatic heterocycles. The molecule has 1 aliphatic rings. The van der Waals surface area contributed by atoms with E-state index >= 15 is 0 Å². The van der Waals surface area contributed by atoms with Crippen LogP contribution in [0.2, 0.25) is 0 Å². The molecule has 31 heavy (non-hydrogen) atoms. The highest BCUT2D eigenvalue weighted by molar-refractivity contribution is 5.83. The maximum absolute atomic E-state index is 13.3. The predicted molar refractivity (Wildman–Crippen MR) is 124 cm³/mol. The molecule has 2 aromatic rings. The Balaban J connectivity index is 1.88. The van der Waals surface area contributed by atoms with Crippen molar-refractivity contribution in [3.63, 3.8) is 0 Å². The number of methoxy groups -OCH3 is 1. The molecule has 5 nitrogen and oxygen atoms in total. The number of amides is 2. The summed E-state index contributed by atoms with van der Waals surface area (Å²) >= 11 is 0. The van der Waals surface area contributed by atoms with Crippen molar-refractivity contribution in [2.75, 3.05) is 39.9 Å². The zero-order valence-electron chi connectivity index (χ0n) is 18.5. The Morgan fingerprint density at radius 2 is 1.90 bits per heavy atom. The van der Waals surface area contributed by atoms with Crippen LogP contribution in [0.1, 0.15) is 17.5 Å². The molecule has 0 spiro atoms. The molecule has 5 heteroatoms. The molecule has 1 fully saturated rings. The topological polar surface area (TPSA) is 49.9 Å². The highest BCUT2D eigenvalue weighted by Gasteiger charge is 2.32. The second kappa shape index (κ2) is 10.9. The maximum Gasteiger partial charge on any atom is 0.228 e. The van der Waals surface area contributed by atoms with Crippen molar-refractivity contribution in [1.82, 2.24) is 9.80 Å². The lowest BCUT2D eigenvalue weighted by atomic mass is 9.91. The summed E-state index contributed by atoms with van der Waals surface area (Å²) < 4.78 is 5.07. The van der Waals surface area contributed by atoms with E-state index in [4.69, 9.17) is 4.74 Å². The summed E-state index contributed by atoms with van der Waals surface area (Å²) in [6.45, 7) is 8.25. The molecule has 164 valence electrons. The molecule has 1 atom stereocenters. The smallest absolute Gasteiger partial charge is 0.228 e. The molecule has 2 amide bonds. The first-order chi connectivity index (χ1) is 15.0. The SMILES string of the molecule is C=CCN1CCN(C(=O)CCOC)C[C@@H](Cc2ccccc2-c2ccc(C)cc2)C1=O. The van der Waals surface area contributed by atoms with E-state index in [1.165, 1.54) is 5.56 Å². The van der Waals surface area contributed by atoms with Gasteiger partial charge in [-0.3, -0.25) is 9.59 Å². The van der Waals surface area contributed by atoms with E-state index in [0.29, 0.717) is 45.6 Å². The van der Waals surface area contributed by atoms with Gasteiger partial charge in [0.15, 0.2) is 0 Å². The molecular formula is C26H32N2O3. The maximum atomic E-state index is 13.3. The van der Waals surface area contributed by atoms with Crippen molar-refractivity contribution >= 4 is 11.8 Å². The minimum Gasteiger partial charge on any atom is -0.384 e. The van der Waals surface area contributed by atoms with E-state index in [-0.39, 0.29) is 17.7 Å². The highest BCUT2D eigenvalue weighted by Crippen LogP contribution is 2.27. The fraction of sp³-hybridized carbons (Fsp3) is 0.385. The molecule has 0 aliphatic carbocycles. The van der Waals surface area contributed by atoms with Crippen LogP contribution in [0.25, 0.3) is 11.1 Å². The monoisotopic (exact) mass is 420 g/mol. The number of aryl methyl sites for hydroxylation is 1. The lowest BCUT2D eigenvalue weighted by molar-refractivity contribution is -0.134. The van der Waals surface area contributed by atoms with Gasteiger partial charge < -0.3 is 14.5 Å². The number of carbonyl (C=O) groups excluding carboxylic acids is 2. The van der Waals surface area contributed by atoms with Gasteiger partial charge in [0.2, 0.25) is 11.8 Å². The first kappa shape index (κ1) is 22.8. The molecule has 3 rings (SSSR count). The van der Waals surface area contributed by atoms with Gasteiger partial charge in [0.05, 0.1) is 18.9 Å². The lowest BCUT2D eigenvalue weighted by Crippen LogP contribution is -2.38. The van der Waals surface area contributed by atoms with E-state index < -0.39 is 0 Å². The first-order valence-electron chi connectivity index (χ1n) is 10.8. The fourth-order valence-electron chi connectivity index (χ4n) is 4.09. The Kier molecular flexibility index (Phi) is 8.01. The van der Waals surface area contributed by atoms with Crippen molar-refractivity contribution < 1.29 is 14.3 Å². The van der Waals surface area contributed by atoms with Crippen LogP contribution in [0.5, 0.6) is 0 Å². The van der Waals surface area contributed by atoms with Gasteiger partial charge in [-0.1, -0.05) is 60.2 Å². The van der Waals surface area contributed by atoms with Gasteiger partial charge in [0, 0.05) is 33.3 Å². The van der Waals surface area contributed by atoms with Crippen LogP contribution in [0, 0.1) is 12.8 Å². The van der Waals surface area contributed by atoms with Gasteiger partial charge >= 0.3 is 0 Å². The zero-order valence-corrected chi connectivity index (χ0v) is 18.5. The molecule has 1 saturated heterocycles. The third kappa shape index (κ3) is 5.82. The van der Waals surface area contributed by atoms with Crippen LogP contribution >= 0.6 is 0 Å². The molecule has 1 heterocycles. The Morgan fingerprint density at radius 3 is 2.61 bits per heavy atom. The minimum absolute atomic E-state index is 0.0342. The van der Waals surface area contributed by atoms with Gasteiger partial charge in [-0.2, -0.15) is 0 Å². The number of hydrogen-bond acceptors (Lipinski definition) is 3. The Labute approximate surface area is 185 Å². The Morgan fingerprint density at radius 1 is 1.16 bits per heavy atom.